The zero-order chi connectivity index (χ0) is 25.3. The summed E-state index contributed by atoms with van der Waals surface area (Å²) >= 11 is 0. The van der Waals surface area contributed by atoms with Gasteiger partial charge < -0.3 is 5.73 Å². The Morgan fingerprint density at radius 1 is 1.12 bits per heavy atom. The number of hydrogen-bond donors (Lipinski definition) is 1. The number of rotatable bonds is 6. The smallest absolute Gasteiger partial charge is 0.325 e. The van der Waals surface area contributed by atoms with Crippen LogP contribution in [0.3, 0.4) is 0 Å². The van der Waals surface area contributed by atoms with E-state index in [4.69, 9.17) is 10.0 Å². The number of benzene rings is 1. The molecule has 1 aromatic heterocycles. The molecule has 0 fully saturated rings. The fraction of sp³-hybridized carbons (Fsp3) is 0.350. The van der Waals surface area contributed by atoms with E-state index in [0.29, 0.717) is 28.6 Å². The number of nitrogens with zero attached hydrogens (tertiary/aromatic N) is 4. The SMILES string of the molecule is Cc1ccc(F)cc1[C@@H]1C/C(=N\N(OS(C)(=O)=O)/C(N)=N/OS(C)(=O)=O)c2c(C)ccnc2C1. The Balaban J connectivity index is 2.13. The van der Waals surface area contributed by atoms with Gasteiger partial charge in [0.2, 0.25) is 0 Å². The highest BCUT2D eigenvalue weighted by Crippen LogP contribution is 2.35. The average Bonchev–Trinajstić information content (AvgIpc) is 2.71. The van der Waals surface area contributed by atoms with Gasteiger partial charge in [0.05, 0.1) is 23.9 Å². The summed E-state index contributed by atoms with van der Waals surface area (Å²) in [5.74, 6) is -1.41. The van der Waals surface area contributed by atoms with E-state index in [1.165, 1.54) is 12.1 Å². The van der Waals surface area contributed by atoms with Crippen LogP contribution in [0.15, 0.2) is 40.7 Å². The number of pyridine rings is 1. The molecular formula is C20H24FN5O6S2. The Bertz CT molecular complexity index is 1380. The van der Waals surface area contributed by atoms with E-state index in [1.807, 2.05) is 13.8 Å². The van der Waals surface area contributed by atoms with Crippen molar-refractivity contribution in [2.45, 2.75) is 32.6 Å². The maximum absolute atomic E-state index is 14.0. The molecule has 2 aromatic rings. The van der Waals surface area contributed by atoms with E-state index in [1.54, 1.807) is 18.3 Å². The number of aryl methyl sites for hydroxylation is 2. The summed E-state index contributed by atoms with van der Waals surface area (Å²) in [7, 11) is -8.18. The Labute approximate surface area is 197 Å². The van der Waals surface area contributed by atoms with E-state index in [9.17, 15) is 21.2 Å². The van der Waals surface area contributed by atoms with Crippen molar-refractivity contribution in [2.75, 3.05) is 12.5 Å². The van der Waals surface area contributed by atoms with Crippen LogP contribution < -0.4 is 5.73 Å². The van der Waals surface area contributed by atoms with Crippen LogP contribution >= 0.6 is 0 Å². The normalized spacial score (nSPS) is 18.0. The lowest BCUT2D eigenvalue weighted by molar-refractivity contribution is 0.0265. The summed E-state index contributed by atoms with van der Waals surface area (Å²) in [6.07, 6.45) is 3.87. The van der Waals surface area contributed by atoms with Gasteiger partial charge in [-0.15, -0.1) is 9.39 Å². The lowest BCUT2D eigenvalue weighted by Crippen LogP contribution is -2.37. The molecule has 14 heteroatoms. The molecule has 0 saturated heterocycles. The molecule has 0 spiro atoms. The topological polar surface area (TPSA) is 154 Å². The second kappa shape index (κ2) is 9.64. The van der Waals surface area contributed by atoms with Gasteiger partial charge >= 0.3 is 10.1 Å². The minimum atomic E-state index is -4.15. The highest BCUT2D eigenvalue weighted by Gasteiger charge is 2.30. The molecule has 1 aliphatic rings. The summed E-state index contributed by atoms with van der Waals surface area (Å²) in [6.45, 7) is 3.69. The molecule has 34 heavy (non-hydrogen) atoms. The Hall–Kier alpha value is -3.10. The minimum absolute atomic E-state index is 0.234. The number of oxime groups is 1. The van der Waals surface area contributed by atoms with Crippen molar-refractivity contribution in [3.63, 3.8) is 0 Å². The zero-order valence-electron chi connectivity index (χ0n) is 18.9. The van der Waals surface area contributed by atoms with Crippen molar-refractivity contribution in [3.05, 3.63) is 64.2 Å². The lowest BCUT2D eigenvalue weighted by Gasteiger charge is -2.28. The van der Waals surface area contributed by atoms with Gasteiger partial charge in [0.15, 0.2) is 0 Å². The fourth-order valence-corrected chi connectivity index (χ4v) is 4.23. The summed E-state index contributed by atoms with van der Waals surface area (Å²) in [5.41, 5.74) is 9.79. The largest absolute Gasteiger partial charge is 0.364 e. The van der Waals surface area contributed by atoms with E-state index < -0.39 is 32.0 Å². The zero-order valence-corrected chi connectivity index (χ0v) is 20.5. The van der Waals surface area contributed by atoms with Gasteiger partial charge in [0.25, 0.3) is 16.1 Å². The maximum atomic E-state index is 14.0. The van der Waals surface area contributed by atoms with Crippen LogP contribution in [-0.2, 0) is 35.2 Å². The third-order valence-electron chi connectivity index (χ3n) is 4.97. The molecule has 11 nitrogen and oxygen atoms in total. The molecule has 0 radical (unpaired) electrons. The number of hydrogen-bond acceptors (Lipinski definition) is 9. The molecule has 1 aliphatic carbocycles. The molecule has 1 aromatic carbocycles. The van der Waals surface area contributed by atoms with Crippen LogP contribution in [0.4, 0.5) is 4.39 Å². The predicted octanol–water partition coefficient (Wildman–Crippen LogP) is 1.67. The van der Waals surface area contributed by atoms with Gasteiger partial charge in [-0.2, -0.15) is 16.8 Å². The molecule has 2 N–H and O–H groups in total. The molecule has 0 unspecified atom stereocenters. The first kappa shape index (κ1) is 25.5. The summed E-state index contributed by atoms with van der Waals surface area (Å²) < 4.78 is 69.3. The van der Waals surface area contributed by atoms with Crippen LogP contribution in [-0.4, -0.2) is 51.2 Å². The first-order chi connectivity index (χ1) is 15.7. The highest BCUT2D eigenvalue weighted by atomic mass is 32.2. The van der Waals surface area contributed by atoms with Crippen molar-refractivity contribution < 1.29 is 29.8 Å². The highest BCUT2D eigenvalue weighted by molar-refractivity contribution is 7.86. The number of halogens is 1. The van der Waals surface area contributed by atoms with Gasteiger partial charge in [-0.25, -0.2) is 4.39 Å². The minimum Gasteiger partial charge on any atom is -0.364 e. The molecule has 0 saturated carbocycles. The molecule has 0 bridgehead atoms. The maximum Gasteiger partial charge on any atom is 0.325 e. The van der Waals surface area contributed by atoms with Crippen LogP contribution in [0.25, 0.3) is 0 Å². The molecule has 184 valence electrons. The predicted molar refractivity (Wildman–Crippen MR) is 123 cm³/mol. The number of hydroxylamine groups is 1. The number of hydrazone groups is 1. The first-order valence-corrected chi connectivity index (χ1v) is 13.6. The quantitative estimate of drug-likeness (QED) is 0.345. The van der Waals surface area contributed by atoms with E-state index in [2.05, 4.69) is 19.5 Å². The van der Waals surface area contributed by atoms with Crippen molar-refractivity contribution in [1.29, 1.82) is 0 Å². The lowest BCUT2D eigenvalue weighted by atomic mass is 9.79. The number of aromatic nitrogens is 1. The molecule has 0 amide bonds. The Morgan fingerprint density at radius 3 is 2.47 bits per heavy atom. The Kier molecular flexibility index (Phi) is 7.24. The molecule has 1 atom stereocenters. The van der Waals surface area contributed by atoms with Crippen LogP contribution in [0.2, 0.25) is 0 Å². The number of guanidine groups is 1. The molecular weight excluding hydrogens is 489 g/mol. The van der Waals surface area contributed by atoms with Gasteiger partial charge in [0.1, 0.15) is 5.82 Å². The van der Waals surface area contributed by atoms with E-state index in [-0.39, 0.29) is 12.3 Å². The van der Waals surface area contributed by atoms with E-state index >= 15 is 0 Å². The Morgan fingerprint density at radius 2 is 1.82 bits per heavy atom. The van der Waals surface area contributed by atoms with Crippen molar-refractivity contribution in [2.24, 2.45) is 16.0 Å². The second-order valence-corrected chi connectivity index (χ2v) is 11.0. The summed E-state index contributed by atoms with van der Waals surface area (Å²) in [4.78, 5) is 4.44. The van der Waals surface area contributed by atoms with Crippen molar-refractivity contribution in [3.8, 4) is 0 Å². The van der Waals surface area contributed by atoms with Gasteiger partial charge in [-0.3, -0.25) is 9.27 Å². The third kappa shape index (κ3) is 6.48. The fourth-order valence-electron chi connectivity index (χ4n) is 3.65. The van der Waals surface area contributed by atoms with Gasteiger partial charge in [-0.1, -0.05) is 11.2 Å². The van der Waals surface area contributed by atoms with E-state index in [0.717, 1.165) is 29.2 Å². The summed E-state index contributed by atoms with van der Waals surface area (Å²) in [5, 5.41) is 7.80. The summed E-state index contributed by atoms with van der Waals surface area (Å²) in [6, 6.07) is 6.24. The second-order valence-electron chi connectivity index (χ2n) is 7.88. The van der Waals surface area contributed by atoms with Crippen LogP contribution in [0.1, 0.15) is 40.3 Å². The third-order valence-corrected chi connectivity index (χ3v) is 5.72. The van der Waals surface area contributed by atoms with Crippen molar-refractivity contribution >= 4 is 31.9 Å². The van der Waals surface area contributed by atoms with Crippen molar-refractivity contribution in [1.82, 2.24) is 10.2 Å². The molecule has 1 heterocycles. The standard InChI is InChI=1S/C20H24FN5O6S2/c1-12-5-6-15(21)11-16(12)14-9-17-19(13(2)7-8-23-17)18(10-14)24-26(32-34(4,29)30)20(22)25-31-33(3,27)28/h5-8,11,14H,9-10H2,1-4H3,(H2,22,25)/b24-18+/t14-/m0/s1. The number of nitrogens with two attached hydrogens (primary N) is 1. The van der Waals surface area contributed by atoms with Gasteiger partial charge in [-0.05, 0) is 72.7 Å². The monoisotopic (exact) mass is 513 g/mol. The molecule has 3 rings (SSSR count). The average molecular weight is 514 g/mol. The first-order valence-electron chi connectivity index (χ1n) is 9.93. The number of fused-ring (bicyclic) bond motifs is 1. The van der Waals surface area contributed by atoms with Gasteiger partial charge in [0, 0.05) is 11.8 Å². The van der Waals surface area contributed by atoms with Crippen LogP contribution in [0.5, 0.6) is 0 Å². The molecule has 0 aliphatic heterocycles. The van der Waals surface area contributed by atoms with Crippen LogP contribution in [0, 0.1) is 19.7 Å².